The monoisotopic (exact) mass is 393 g/mol. The van der Waals surface area contributed by atoms with E-state index < -0.39 is 9.84 Å². The first-order valence-corrected chi connectivity index (χ1v) is 10.5. The van der Waals surface area contributed by atoms with Crippen LogP contribution in [0.3, 0.4) is 0 Å². The number of sulfone groups is 1. The standard InChI is InChI=1S/C19H20ClNO4S/c1-25-18-7-5-15(6-8-18)19(22)21(17-9-10-26(23,24)13-17)12-14-3-2-4-16(20)11-14/h2-8,11,17H,9-10,12-13H2,1H3/t17-/m0/s1. The van der Waals surface area contributed by atoms with Crippen LogP contribution in [-0.4, -0.2) is 43.9 Å². The van der Waals surface area contributed by atoms with Crippen molar-refractivity contribution in [3.05, 3.63) is 64.7 Å². The molecule has 1 saturated heterocycles. The van der Waals surface area contributed by atoms with E-state index in [2.05, 4.69) is 0 Å². The van der Waals surface area contributed by atoms with Crippen molar-refractivity contribution < 1.29 is 17.9 Å². The van der Waals surface area contributed by atoms with Gasteiger partial charge in [-0.25, -0.2) is 8.42 Å². The van der Waals surface area contributed by atoms with Gasteiger partial charge in [-0.05, 0) is 48.4 Å². The molecule has 0 saturated carbocycles. The van der Waals surface area contributed by atoms with Gasteiger partial charge in [0.05, 0.1) is 18.6 Å². The zero-order valence-corrected chi connectivity index (χ0v) is 16.0. The van der Waals surface area contributed by atoms with Crippen molar-refractivity contribution in [2.75, 3.05) is 18.6 Å². The van der Waals surface area contributed by atoms with Crippen molar-refractivity contribution in [1.82, 2.24) is 4.90 Å². The van der Waals surface area contributed by atoms with Crippen LogP contribution in [-0.2, 0) is 16.4 Å². The van der Waals surface area contributed by atoms with Crippen molar-refractivity contribution in [3.8, 4) is 5.75 Å². The lowest BCUT2D eigenvalue weighted by Gasteiger charge is -2.28. The molecule has 26 heavy (non-hydrogen) atoms. The third-order valence-electron chi connectivity index (χ3n) is 4.49. The molecule has 2 aromatic carbocycles. The van der Waals surface area contributed by atoms with Crippen LogP contribution in [0.1, 0.15) is 22.3 Å². The van der Waals surface area contributed by atoms with Gasteiger partial charge in [0.2, 0.25) is 0 Å². The number of hydrogen-bond acceptors (Lipinski definition) is 4. The normalized spacial score (nSPS) is 18.5. The molecule has 1 aliphatic rings. The molecule has 1 aliphatic heterocycles. The van der Waals surface area contributed by atoms with E-state index in [1.807, 2.05) is 12.1 Å². The minimum absolute atomic E-state index is 0.00450. The minimum atomic E-state index is -3.11. The summed E-state index contributed by atoms with van der Waals surface area (Å²) in [5.74, 6) is 0.566. The van der Waals surface area contributed by atoms with E-state index in [9.17, 15) is 13.2 Å². The molecule has 2 aromatic rings. The van der Waals surface area contributed by atoms with Gasteiger partial charge in [-0.15, -0.1) is 0 Å². The summed E-state index contributed by atoms with van der Waals surface area (Å²) < 4.78 is 29.0. The van der Waals surface area contributed by atoms with Gasteiger partial charge in [-0.3, -0.25) is 4.79 Å². The zero-order valence-electron chi connectivity index (χ0n) is 14.4. The molecule has 3 rings (SSSR count). The predicted octanol–water partition coefficient (Wildman–Crippen LogP) is 3.18. The zero-order chi connectivity index (χ0) is 18.7. The van der Waals surface area contributed by atoms with Gasteiger partial charge >= 0.3 is 0 Å². The number of halogens is 1. The van der Waals surface area contributed by atoms with E-state index in [1.165, 1.54) is 0 Å². The number of hydrogen-bond donors (Lipinski definition) is 0. The molecule has 5 nitrogen and oxygen atoms in total. The molecular formula is C19H20ClNO4S. The predicted molar refractivity (Wildman–Crippen MR) is 101 cm³/mol. The molecule has 7 heteroatoms. The molecular weight excluding hydrogens is 374 g/mol. The number of amides is 1. The summed E-state index contributed by atoms with van der Waals surface area (Å²) in [6, 6.07) is 13.7. The van der Waals surface area contributed by atoms with Gasteiger partial charge in [0.1, 0.15) is 5.75 Å². The van der Waals surface area contributed by atoms with Gasteiger partial charge in [0.15, 0.2) is 9.84 Å². The highest BCUT2D eigenvalue weighted by Gasteiger charge is 2.35. The fourth-order valence-corrected chi connectivity index (χ4v) is 5.06. The van der Waals surface area contributed by atoms with Crippen molar-refractivity contribution in [2.24, 2.45) is 0 Å². The Labute approximate surface area is 158 Å². The van der Waals surface area contributed by atoms with E-state index in [1.54, 1.807) is 48.4 Å². The van der Waals surface area contributed by atoms with Crippen molar-refractivity contribution >= 4 is 27.3 Å². The average Bonchev–Trinajstić information content (AvgIpc) is 2.99. The average molecular weight is 394 g/mol. The van der Waals surface area contributed by atoms with Crippen LogP contribution in [0.2, 0.25) is 5.02 Å². The van der Waals surface area contributed by atoms with Crippen molar-refractivity contribution in [2.45, 2.75) is 19.0 Å². The Hall–Kier alpha value is -2.05. The Morgan fingerprint density at radius 1 is 1.23 bits per heavy atom. The molecule has 0 bridgehead atoms. The highest BCUT2D eigenvalue weighted by atomic mass is 35.5. The lowest BCUT2D eigenvalue weighted by atomic mass is 10.1. The first-order valence-electron chi connectivity index (χ1n) is 8.28. The summed E-state index contributed by atoms with van der Waals surface area (Å²) in [6.45, 7) is 0.311. The number of methoxy groups -OCH3 is 1. The summed E-state index contributed by atoms with van der Waals surface area (Å²) in [7, 11) is -1.55. The Balaban J connectivity index is 1.89. The van der Waals surface area contributed by atoms with E-state index in [0.29, 0.717) is 29.3 Å². The van der Waals surface area contributed by atoms with Crippen LogP contribution in [0, 0.1) is 0 Å². The lowest BCUT2D eigenvalue weighted by molar-refractivity contribution is 0.0681. The number of benzene rings is 2. The van der Waals surface area contributed by atoms with E-state index in [-0.39, 0.29) is 23.5 Å². The highest BCUT2D eigenvalue weighted by Crippen LogP contribution is 2.24. The van der Waals surface area contributed by atoms with Gasteiger partial charge in [0.25, 0.3) is 5.91 Å². The number of ether oxygens (including phenoxy) is 1. The molecule has 1 amide bonds. The van der Waals surface area contributed by atoms with Crippen molar-refractivity contribution in [1.29, 1.82) is 0 Å². The highest BCUT2D eigenvalue weighted by molar-refractivity contribution is 7.91. The first kappa shape index (κ1) is 18.7. The molecule has 1 heterocycles. The fourth-order valence-electron chi connectivity index (χ4n) is 3.12. The van der Waals surface area contributed by atoms with Crippen molar-refractivity contribution in [3.63, 3.8) is 0 Å². The number of rotatable bonds is 5. The minimum Gasteiger partial charge on any atom is -0.497 e. The first-order chi connectivity index (χ1) is 12.4. The second kappa shape index (κ2) is 7.68. The molecule has 0 N–H and O–H groups in total. The SMILES string of the molecule is COc1ccc(C(=O)N(Cc2cccc(Cl)c2)[C@H]2CCS(=O)(=O)C2)cc1. The Bertz CT molecular complexity index is 896. The smallest absolute Gasteiger partial charge is 0.254 e. The Morgan fingerprint density at radius 3 is 2.54 bits per heavy atom. The maximum atomic E-state index is 13.1. The second-order valence-electron chi connectivity index (χ2n) is 6.35. The van der Waals surface area contributed by atoms with Crippen LogP contribution in [0.25, 0.3) is 0 Å². The van der Waals surface area contributed by atoms with Crippen LogP contribution in [0.4, 0.5) is 0 Å². The largest absolute Gasteiger partial charge is 0.497 e. The second-order valence-corrected chi connectivity index (χ2v) is 9.01. The van der Waals surface area contributed by atoms with E-state index in [0.717, 1.165) is 5.56 Å². The molecule has 0 unspecified atom stereocenters. The quantitative estimate of drug-likeness (QED) is 0.782. The number of nitrogens with zero attached hydrogens (tertiary/aromatic N) is 1. The lowest BCUT2D eigenvalue weighted by Crippen LogP contribution is -2.40. The molecule has 0 radical (unpaired) electrons. The topological polar surface area (TPSA) is 63.7 Å². The van der Waals surface area contributed by atoms with E-state index in [4.69, 9.17) is 16.3 Å². The summed E-state index contributed by atoms with van der Waals surface area (Å²) in [6.07, 6.45) is 0.449. The molecule has 1 atom stereocenters. The molecule has 0 aromatic heterocycles. The number of carbonyl (C=O) groups excluding carboxylic acids is 1. The number of carbonyl (C=O) groups is 1. The maximum Gasteiger partial charge on any atom is 0.254 e. The van der Waals surface area contributed by atoms with Crippen LogP contribution < -0.4 is 4.74 Å². The summed E-state index contributed by atoms with van der Waals surface area (Å²) >= 11 is 6.05. The van der Waals surface area contributed by atoms with E-state index >= 15 is 0 Å². The molecule has 0 aliphatic carbocycles. The summed E-state index contributed by atoms with van der Waals surface area (Å²) in [5, 5.41) is 0.582. The van der Waals surface area contributed by atoms with Crippen LogP contribution in [0.15, 0.2) is 48.5 Å². The fraction of sp³-hybridized carbons (Fsp3) is 0.316. The molecule has 1 fully saturated rings. The third-order valence-corrected chi connectivity index (χ3v) is 6.47. The maximum absolute atomic E-state index is 13.1. The van der Waals surface area contributed by atoms with Gasteiger partial charge in [0, 0.05) is 23.2 Å². The van der Waals surface area contributed by atoms with Gasteiger partial charge < -0.3 is 9.64 Å². The molecule has 138 valence electrons. The van der Waals surface area contributed by atoms with Gasteiger partial charge in [-0.2, -0.15) is 0 Å². The van der Waals surface area contributed by atoms with Crippen LogP contribution in [0.5, 0.6) is 5.75 Å². The van der Waals surface area contributed by atoms with Crippen LogP contribution >= 0.6 is 11.6 Å². The molecule has 0 spiro atoms. The third kappa shape index (κ3) is 4.37. The Morgan fingerprint density at radius 2 is 1.96 bits per heavy atom. The Kier molecular flexibility index (Phi) is 5.53. The van der Waals surface area contributed by atoms with Gasteiger partial charge in [-0.1, -0.05) is 23.7 Å². The summed E-state index contributed by atoms with van der Waals surface area (Å²) in [5.41, 5.74) is 1.36. The summed E-state index contributed by atoms with van der Waals surface area (Å²) in [4.78, 5) is 14.7.